The molecule has 1 amide bonds. The van der Waals surface area contributed by atoms with Gasteiger partial charge in [0.1, 0.15) is 4.88 Å². The highest BCUT2D eigenvalue weighted by atomic mass is 32.1. The number of hydrogen-bond acceptors (Lipinski definition) is 4. The number of amides is 1. The summed E-state index contributed by atoms with van der Waals surface area (Å²) in [6, 6.07) is 7.63. The monoisotopic (exact) mass is 331 g/mol. The normalized spacial score (nSPS) is 10.4. The number of aryl methyl sites for hydroxylation is 4. The van der Waals surface area contributed by atoms with Crippen molar-refractivity contribution in [1.29, 1.82) is 0 Å². The fraction of sp³-hybridized carbons (Fsp3) is 0.333. The third-order valence-electron chi connectivity index (χ3n) is 3.68. The molecule has 5 heteroatoms. The summed E-state index contributed by atoms with van der Waals surface area (Å²) >= 11 is 1.40. The van der Waals surface area contributed by atoms with Crippen molar-refractivity contribution < 1.29 is 14.3 Å². The Bertz CT molecular complexity index is 714. The lowest BCUT2D eigenvalue weighted by Crippen LogP contribution is -2.21. The van der Waals surface area contributed by atoms with Gasteiger partial charge in [-0.2, -0.15) is 0 Å². The predicted octanol–water partition coefficient (Wildman–Crippen LogP) is 4.03. The van der Waals surface area contributed by atoms with Crippen molar-refractivity contribution in [2.24, 2.45) is 0 Å². The summed E-state index contributed by atoms with van der Waals surface area (Å²) in [5.41, 5.74) is 3.87. The minimum absolute atomic E-state index is 0.287. The molecule has 2 rings (SSSR count). The first-order chi connectivity index (χ1) is 10.9. The molecule has 0 aliphatic heterocycles. The lowest BCUT2D eigenvalue weighted by molar-refractivity contribution is -0.119. The molecule has 0 bridgehead atoms. The third kappa shape index (κ3) is 4.20. The van der Waals surface area contributed by atoms with Crippen LogP contribution < -0.4 is 5.32 Å². The number of rotatable bonds is 5. The molecule has 4 nitrogen and oxygen atoms in total. The van der Waals surface area contributed by atoms with E-state index in [1.165, 1.54) is 11.3 Å². The van der Waals surface area contributed by atoms with Crippen molar-refractivity contribution in [1.82, 2.24) is 0 Å². The average molecular weight is 331 g/mol. The summed E-state index contributed by atoms with van der Waals surface area (Å²) in [6.45, 7) is 7.59. The fourth-order valence-electron chi connectivity index (χ4n) is 2.36. The highest BCUT2D eigenvalue weighted by Crippen LogP contribution is 2.23. The lowest BCUT2D eigenvalue weighted by Gasteiger charge is -2.11. The van der Waals surface area contributed by atoms with Crippen molar-refractivity contribution in [3.8, 4) is 0 Å². The summed E-state index contributed by atoms with van der Waals surface area (Å²) < 4.78 is 5.11. The Morgan fingerprint density at radius 2 is 1.83 bits per heavy atom. The van der Waals surface area contributed by atoms with Crippen molar-refractivity contribution in [3.05, 3.63) is 50.7 Å². The van der Waals surface area contributed by atoms with Crippen molar-refractivity contribution in [2.45, 2.75) is 34.1 Å². The first kappa shape index (κ1) is 17.2. The maximum absolute atomic E-state index is 12.0. The van der Waals surface area contributed by atoms with E-state index in [2.05, 4.69) is 5.32 Å². The molecule has 1 N–H and O–H groups in total. The van der Waals surface area contributed by atoms with Crippen molar-refractivity contribution in [2.75, 3.05) is 11.9 Å². The molecule has 0 saturated carbocycles. The summed E-state index contributed by atoms with van der Waals surface area (Å²) in [7, 11) is 0. The van der Waals surface area contributed by atoms with E-state index in [4.69, 9.17) is 4.74 Å². The van der Waals surface area contributed by atoms with Gasteiger partial charge < -0.3 is 10.1 Å². The van der Waals surface area contributed by atoms with E-state index in [1.54, 1.807) is 0 Å². The Balaban J connectivity index is 1.95. The first-order valence-corrected chi connectivity index (χ1v) is 8.36. The molecule has 0 aliphatic carbocycles. The standard InChI is InChI=1S/C18H21NO3S/c1-5-14-9-15(23-13(14)4)18(21)22-10-16(20)19-17-11(2)7-6-8-12(17)3/h6-9H,5,10H2,1-4H3,(H,19,20). The number of esters is 1. The molecule has 0 atom stereocenters. The van der Waals surface area contributed by atoms with Crippen molar-refractivity contribution >= 4 is 28.9 Å². The SMILES string of the molecule is CCc1cc(C(=O)OCC(=O)Nc2c(C)cccc2C)sc1C. The number of para-hydroxylation sites is 1. The molecule has 23 heavy (non-hydrogen) atoms. The van der Waals surface area contributed by atoms with Gasteiger partial charge in [-0.05, 0) is 49.9 Å². The lowest BCUT2D eigenvalue weighted by atomic mass is 10.1. The van der Waals surface area contributed by atoms with Crippen LogP contribution in [0.3, 0.4) is 0 Å². The fourth-order valence-corrected chi connectivity index (χ4v) is 3.37. The Labute approximate surface area is 140 Å². The molecule has 1 aromatic heterocycles. The number of anilines is 1. The van der Waals surface area contributed by atoms with Gasteiger partial charge in [-0.3, -0.25) is 4.79 Å². The molecule has 0 unspecified atom stereocenters. The topological polar surface area (TPSA) is 55.4 Å². The number of hydrogen-bond donors (Lipinski definition) is 1. The van der Waals surface area contributed by atoms with Crippen LogP contribution >= 0.6 is 11.3 Å². The highest BCUT2D eigenvalue weighted by Gasteiger charge is 2.15. The van der Waals surface area contributed by atoms with Gasteiger partial charge >= 0.3 is 5.97 Å². The number of benzene rings is 1. The number of thiophene rings is 1. The van der Waals surface area contributed by atoms with E-state index in [0.717, 1.165) is 33.7 Å². The van der Waals surface area contributed by atoms with Crippen LogP contribution in [0.5, 0.6) is 0 Å². The number of carbonyl (C=O) groups excluding carboxylic acids is 2. The van der Waals surface area contributed by atoms with E-state index in [-0.39, 0.29) is 12.5 Å². The van der Waals surface area contributed by atoms with Gasteiger partial charge in [-0.1, -0.05) is 25.1 Å². The minimum atomic E-state index is -0.450. The second-order valence-corrected chi connectivity index (χ2v) is 6.69. The average Bonchev–Trinajstić information content (AvgIpc) is 2.90. The number of nitrogens with one attached hydrogen (secondary N) is 1. The van der Waals surface area contributed by atoms with Crippen LogP contribution in [0.1, 0.15) is 38.2 Å². The smallest absolute Gasteiger partial charge is 0.348 e. The van der Waals surface area contributed by atoms with Crippen LogP contribution in [0.2, 0.25) is 0 Å². The van der Waals surface area contributed by atoms with E-state index in [1.807, 2.05) is 52.0 Å². The highest BCUT2D eigenvalue weighted by molar-refractivity contribution is 7.14. The first-order valence-electron chi connectivity index (χ1n) is 7.54. The van der Waals surface area contributed by atoms with Crippen LogP contribution in [0.15, 0.2) is 24.3 Å². The molecule has 1 heterocycles. The van der Waals surface area contributed by atoms with E-state index >= 15 is 0 Å². The minimum Gasteiger partial charge on any atom is -0.451 e. The molecule has 1 aromatic carbocycles. The summed E-state index contributed by atoms with van der Waals surface area (Å²) in [4.78, 5) is 25.7. The second-order valence-electron chi connectivity index (χ2n) is 5.44. The maximum atomic E-state index is 12.0. The van der Waals surface area contributed by atoms with Crippen LogP contribution in [-0.4, -0.2) is 18.5 Å². The Hall–Kier alpha value is -2.14. The van der Waals surface area contributed by atoms with E-state index in [0.29, 0.717) is 4.88 Å². The number of ether oxygens (including phenoxy) is 1. The van der Waals surface area contributed by atoms with Gasteiger partial charge in [0.25, 0.3) is 5.91 Å². The van der Waals surface area contributed by atoms with Gasteiger partial charge in [0.05, 0.1) is 0 Å². The van der Waals surface area contributed by atoms with Crippen LogP contribution in [0.4, 0.5) is 5.69 Å². The number of carbonyl (C=O) groups is 2. The largest absolute Gasteiger partial charge is 0.451 e. The van der Waals surface area contributed by atoms with Crippen molar-refractivity contribution in [3.63, 3.8) is 0 Å². The summed E-state index contributed by atoms with van der Waals surface area (Å²) in [6.07, 6.45) is 0.878. The second kappa shape index (κ2) is 7.42. The molecule has 2 aromatic rings. The summed E-state index contributed by atoms with van der Waals surface area (Å²) in [5, 5.41) is 2.80. The quantitative estimate of drug-likeness (QED) is 0.842. The zero-order valence-electron chi connectivity index (χ0n) is 13.9. The van der Waals surface area contributed by atoms with Gasteiger partial charge in [-0.15, -0.1) is 11.3 Å². The zero-order valence-corrected chi connectivity index (χ0v) is 14.7. The zero-order chi connectivity index (χ0) is 17.0. The van der Waals surface area contributed by atoms with Gasteiger partial charge in [0.15, 0.2) is 6.61 Å². The molecule has 0 aliphatic rings. The molecule has 0 saturated heterocycles. The van der Waals surface area contributed by atoms with Gasteiger partial charge in [0, 0.05) is 10.6 Å². The summed E-state index contributed by atoms with van der Waals surface area (Å²) in [5.74, 6) is -0.783. The van der Waals surface area contributed by atoms with E-state index in [9.17, 15) is 9.59 Å². The maximum Gasteiger partial charge on any atom is 0.348 e. The molecular weight excluding hydrogens is 310 g/mol. The van der Waals surface area contributed by atoms with Crippen LogP contribution in [0, 0.1) is 20.8 Å². The van der Waals surface area contributed by atoms with Gasteiger partial charge in [-0.25, -0.2) is 4.79 Å². The van der Waals surface area contributed by atoms with Gasteiger partial charge in [0.2, 0.25) is 0 Å². The predicted molar refractivity (Wildman–Crippen MR) is 93.3 cm³/mol. The van der Waals surface area contributed by atoms with Crippen LogP contribution in [0.25, 0.3) is 0 Å². The van der Waals surface area contributed by atoms with E-state index < -0.39 is 5.97 Å². The molecule has 0 spiro atoms. The molecule has 122 valence electrons. The van der Waals surface area contributed by atoms with Crippen LogP contribution in [-0.2, 0) is 16.0 Å². The molecular formula is C18H21NO3S. The molecule has 0 fully saturated rings. The third-order valence-corrected chi connectivity index (χ3v) is 4.76. The Morgan fingerprint density at radius 3 is 2.39 bits per heavy atom. The molecule has 0 radical (unpaired) electrons. The Morgan fingerprint density at radius 1 is 1.17 bits per heavy atom. The Kier molecular flexibility index (Phi) is 5.55.